The Bertz CT molecular complexity index is 449. The Balaban J connectivity index is 2.06. The number of carboxylic acid groups (broad SMARTS) is 1. The SMILES string of the molecule is O=C(O)c1cc(F)c(NCC2CC(O)C2)c(F)c1. The van der Waals surface area contributed by atoms with Crippen LogP contribution in [-0.2, 0) is 0 Å². The summed E-state index contributed by atoms with van der Waals surface area (Å²) < 4.78 is 27.0. The van der Waals surface area contributed by atoms with E-state index in [2.05, 4.69) is 5.32 Å². The number of hydrogen-bond acceptors (Lipinski definition) is 3. The molecule has 1 aliphatic rings. The monoisotopic (exact) mass is 257 g/mol. The molecule has 1 saturated carbocycles. The molecular weight excluding hydrogens is 244 g/mol. The van der Waals surface area contributed by atoms with Gasteiger partial charge in [0.15, 0.2) is 0 Å². The van der Waals surface area contributed by atoms with E-state index in [1.807, 2.05) is 0 Å². The zero-order valence-electron chi connectivity index (χ0n) is 9.49. The van der Waals surface area contributed by atoms with Crippen molar-refractivity contribution >= 4 is 11.7 Å². The third-order valence-electron chi connectivity index (χ3n) is 3.07. The predicted molar refractivity (Wildman–Crippen MR) is 60.5 cm³/mol. The molecule has 0 atom stereocenters. The normalized spacial score (nSPS) is 22.4. The van der Waals surface area contributed by atoms with Crippen LogP contribution in [-0.4, -0.2) is 28.8 Å². The lowest BCUT2D eigenvalue weighted by Crippen LogP contribution is -2.33. The molecule has 0 aliphatic heterocycles. The predicted octanol–water partition coefficient (Wildman–Crippen LogP) is 1.85. The van der Waals surface area contributed by atoms with Crippen LogP contribution >= 0.6 is 0 Å². The number of aromatic carboxylic acids is 1. The summed E-state index contributed by atoms with van der Waals surface area (Å²) in [6.45, 7) is 0.358. The zero-order valence-corrected chi connectivity index (χ0v) is 9.49. The Labute approximate surface area is 102 Å². The van der Waals surface area contributed by atoms with E-state index in [0.717, 1.165) is 12.1 Å². The van der Waals surface area contributed by atoms with Crippen molar-refractivity contribution in [3.8, 4) is 0 Å². The van der Waals surface area contributed by atoms with Gasteiger partial charge in [-0.1, -0.05) is 0 Å². The second-order valence-electron chi connectivity index (χ2n) is 4.49. The van der Waals surface area contributed by atoms with Crippen LogP contribution in [0.3, 0.4) is 0 Å². The summed E-state index contributed by atoms with van der Waals surface area (Å²) in [5, 5.41) is 20.3. The molecule has 18 heavy (non-hydrogen) atoms. The van der Waals surface area contributed by atoms with Crippen LogP contribution in [0, 0.1) is 17.6 Å². The first-order chi connectivity index (χ1) is 8.47. The number of rotatable bonds is 4. The van der Waals surface area contributed by atoms with E-state index in [9.17, 15) is 13.6 Å². The number of aliphatic hydroxyl groups is 1. The molecule has 98 valence electrons. The molecule has 0 radical (unpaired) electrons. The van der Waals surface area contributed by atoms with Gasteiger partial charge in [-0.3, -0.25) is 0 Å². The van der Waals surface area contributed by atoms with Crippen molar-refractivity contribution < 1.29 is 23.8 Å². The van der Waals surface area contributed by atoms with Gasteiger partial charge >= 0.3 is 5.97 Å². The average molecular weight is 257 g/mol. The molecule has 4 nitrogen and oxygen atoms in total. The van der Waals surface area contributed by atoms with Gasteiger partial charge in [0, 0.05) is 6.54 Å². The minimum absolute atomic E-state index is 0.193. The second-order valence-corrected chi connectivity index (χ2v) is 4.49. The number of nitrogens with one attached hydrogen (secondary N) is 1. The summed E-state index contributed by atoms with van der Waals surface area (Å²) in [5.41, 5.74) is -0.740. The van der Waals surface area contributed by atoms with Crippen LogP contribution in [0.2, 0.25) is 0 Å². The zero-order chi connectivity index (χ0) is 13.3. The molecule has 1 fully saturated rings. The van der Waals surface area contributed by atoms with Gasteiger partial charge in [0.1, 0.15) is 17.3 Å². The van der Waals surface area contributed by atoms with Crippen LogP contribution < -0.4 is 5.32 Å². The molecular formula is C12H13F2NO3. The molecule has 1 aromatic rings. The summed E-state index contributed by atoms with van der Waals surface area (Å²) in [5.74, 6) is -3.03. The van der Waals surface area contributed by atoms with Gasteiger partial charge in [-0.25, -0.2) is 13.6 Å². The molecule has 3 N–H and O–H groups in total. The molecule has 2 rings (SSSR count). The third kappa shape index (κ3) is 2.59. The number of hydrogen-bond donors (Lipinski definition) is 3. The van der Waals surface area contributed by atoms with E-state index < -0.39 is 23.2 Å². The van der Waals surface area contributed by atoms with Crippen molar-refractivity contribution in [3.05, 3.63) is 29.3 Å². The summed E-state index contributed by atoms with van der Waals surface area (Å²) in [7, 11) is 0. The number of anilines is 1. The highest BCUT2D eigenvalue weighted by atomic mass is 19.1. The highest BCUT2D eigenvalue weighted by molar-refractivity contribution is 5.88. The molecule has 0 heterocycles. The minimum Gasteiger partial charge on any atom is -0.478 e. The summed E-state index contributed by atoms with van der Waals surface area (Å²) in [6.07, 6.45) is 0.910. The van der Waals surface area contributed by atoms with Gasteiger partial charge in [0.2, 0.25) is 0 Å². The van der Waals surface area contributed by atoms with Gasteiger partial charge in [0.05, 0.1) is 11.7 Å². The quantitative estimate of drug-likeness (QED) is 0.769. The van der Waals surface area contributed by atoms with E-state index in [1.54, 1.807) is 0 Å². The van der Waals surface area contributed by atoms with Gasteiger partial charge in [0.25, 0.3) is 0 Å². The fourth-order valence-electron chi connectivity index (χ4n) is 1.98. The molecule has 0 spiro atoms. The molecule has 6 heteroatoms. The van der Waals surface area contributed by atoms with Crippen molar-refractivity contribution in [2.24, 2.45) is 5.92 Å². The van der Waals surface area contributed by atoms with E-state index in [0.29, 0.717) is 19.4 Å². The van der Waals surface area contributed by atoms with E-state index in [4.69, 9.17) is 10.2 Å². The van der Waals surface area contributed by atoms with E-state index in [-0.39, 0.29) is 17.7 Å². The largest absolute Gasteiger partial charge is 0.478 e. The molecule has 1 aromatic carbocycles. The summed E-state index contributed by atoms with van der Waals surface area (Å²) in [6, 6.07) is 1.56. The van der Waals surface area contributed by atoms with Crippen LogP contribution in [0.5, 0.6) is 0 Å². The molecule has 0 saturated heterocycles. The average Bonchev–Trinajstić information content (AvgIpc) is 2.24. The number of carbonyl (C=O) groups is 1. The highest BCUT2D eigenvalue weighted by Crippen LogP contribution is 2.28. The smallest absolute Gasteiger partial charge is 0.335 e. The van der Waals surface area contributed by atoms with Crippen molar-refractivity contribution in [2.45, 2.75) is 18.9 Å². The number of benzene rings is 1. The first kappa shape index (κ1) is 12.8. The molecule has 0 amide bonds. The fourth-order valence-corrected chi connectivity index (χ4v) is 1.98. The van der Waals surface area contributed by atoms with Crippen LogP contribution in [0.1, 0.15) is 23.2 Å². The molecule has 1 aliphatic carbocycles. The van der Waals surface area contributed by atoms with Crippen molar-refractivity contribution in [2.75, 3.05) is 11.9 Å². The maximum atomic E-state index is 13.5. The van der Waals surface area contributed by atoms with Gasteiger partial charge < -0.3 is 15.5 Å². The Morgan fingerprint density at radius 3 is 2.33 bits per heavy atom. The van der Waals surface area contributed by atoms with Crippen LogP contribution in [0.25, 0.3) is 0 Å². The van der Waals surface area contributed by atoms with Crippen molar-refractivity contribution in [1.82, 2.24) is 0 Å². The lowest BCUT2D eigenvalue weighted by atomic mass is 9.82. The number of carboxylic acids is 1. The van der Waals surface area contributed by atoms with Gasteiger partial charge in [-0.15, -0.1) is 0 Å². The standard InChI is InChI=1S/C12H13F2NO3/c13-9-3-7(12(17)18)4-10(14)11(9)15-5-6-1-8(16)2-6/h3-4,6,8,15-16H,1-2,5H2,(H,17,18). The van der Waals surface area contributed by atoms with Crippen LogP contribution in [0.15, 0.2) is 12.1 Å². The summed E-state index contributed by atoms with van der Waals surface area (Å²) in [4.78, 5) is 10.6. The van der Waals surface area contributed by atoms with E-state index >= 15 is 0 Å². The van der Waals surface area contributed by atoms with Crippen molar-refractivity contribution in [1.29, 1.82) is 0 Å². The fraction of sp³-hybridized carbons (Fsp3) is 0.417. The lowest BCUT2D eigenvalue weighted by Gasteiger charge is -2.31. The highest BCUT2D eigenvalue weighted by Gasteiger charge is 2.27. The molecule has 0 aromatic heterocycles. The van der Waals surface area contributed by atoms with Crippen molar-refractivity contribution in [3.63, 3.8) is 0 Å². The Morgan fingerprint density at radius 2 is 1.89 bits per heavy atom. The van der Waals surface area contributed by atoms with Gasteiger partial charge in [-0.2, -0.15) is 0 Å². The molecule has 0 bridgehead atoms. The first-order valence-corrected chi connectivity index (χ1v) is 5.61. The number of aliphatic hydroxyl groups excluding tert-OH is 1. The molecule has 0 unspecified atom stereocenters. The topological polar surface area (TPSA) is 69.6 Å². The first-order valence-electron chi connectivity index (χ1n) is 5.61. The Hall–Kier alpha value is -1.69. The minimum atomic E-state index is -1.37. The third-order valence-corrected chi connectivity index (χ3v) is 3.07. The van der Waals surface area contributed by atoms with E-state index in [1.165, 1.54) is 0 Å². The maximum Gasteiger partial charge on any atom is 0.335 e. The Kier molecular flexibility index (Phi) is 3.47. The summed E-state index contributed by atoms with van der Waals surface area (Å²) >= 11 is 0. The number of halogens is 2. The lowest BCUT2D eigenvalue weighted by molar-refractivity contribution is 0.0486. The maximum absolute atomic E-state index is 13.5. The van der Waals surface area contributed by atoms with Gasteiger partial charge in [-0.05, 0) is 30.9 Å². The second kappa shape index (κ2) is 4.89. The Morgan fingerprint density at radius 1 is 1.33 bits per heavy atom. The van der Waals surface area contributed by atoms with Crippen LogP contribution in [0.4, 0.5) is 14.5 Å².